The molecule has 0 radical (unpaired) electrons. The fraction of sp³-hybridized carbons (Fsp3) is 1.00. The van der Waals surface area contributed by atoms with Gasteiger partial charge in [-0.3, -0.25) is 0 Å². The summed E-state index contributed by atoms with van der Waals surface area (Å²) in [5.74, 6) is 1.03. The van der Waals surface area contributed by atoms with Crippen molar-refractivity contribution < 1.29 is 0 Å². The van der Waals surface area contributed by atoms with Gasteiger partial charge in [-0.05, 0) is 24.2 Å². The van der Waals surface area contributed by atoms with Crippen molar-refractivity contribution in [2.45, 2.75) is 59.3 Å². The minimum atomic E-state index is 0.801. The summed E-state index contributed by atoms with van der Waals surface area (Å²) in [6.07, 6.45) is 8.70. The van der Waals surface area contributed by atoms with Gasteiger partial charge in [0.05, 0.1) is 0 Å². The Balaban J connectivity index is 2.14. The first-order valence-electron chi connectivity index (χ1n) is 5.25. The first kappa shape index (κ1) is 9.09. The van der Waals surface area contributed by atoms with E-state index in [1.54, 1.807) is 0 Å². The van der Waals surface area contributed by atoms with Crippen LogP contribution in [-0.4, -0.2) is 0 Å². The molecule has 2 atom stereocenters. The van der Waals surface area contributed by atoms with Crippen molar-refractivity contribution in [2.75, 3.05) is 0 Å². The van der Waals surface area contributed by atoms with Crippen LogP contribution in [0.3, 0.4) is 0 Å². The molecule has 0 spiro atoms. The van der Waals surface area contributed by atoms with E-state index in [4.69, 9.17) is 0 Å². The summed E-state index contributed by atoms with van der Waals surface area (Å²) in [6.45, 7) is 7.06. The molecule has 0 saturated heterocycles. The van der Waals surface area contributed by atoms with Crippen LogP contribution in [0.15, 0.2) is 0 Å². The molecule has 1 aliphatic rings. The van der Waals surface area contributed by atoms with Crippen molar-refractivity contribution in [3.63, 3.8) is 0 Å². The average molecular weight is 154 g/mol. The van der Waals surface area contributed by atoms with Crippen molar-refractivity contribution in [2.24, 2.45) is 11.3 Å². The molecule has 0 heteroatoms. The summed E-state index contributed by atoms with van der Waals surface area (Å²) in [5, 5.41) is 0. The van der Waals surface area contributed by atoms with Crippen LogP contribution in [0.25, 0.3) is 0 Å². The Morgan fingerprint density at radius 2 is 1.91 bits per heavy atom. The average Bonchev–Trinajstić information content (AvgIpc) is 2.64. The Morgan fingerprint density at radius 3 is 2.27 bits per heavy atom. The van der Waals surface area contributed by atoms with E-state index in [1.165, 1.54) is 38.5 Å². The standard InChI is InChI=1S/C11H22/c1-4-6-7-8-11(5-2)9-10(11)3/h10H,4-9H2,1-3H3. The maximum absolute atomic E-state index is 2.41. The molecule has 0 amide bonds. The third-order valence-corrected chi connectivity index (χ3v) is 3.58. The Hall–Kier alpha value is 0. The quantitative estimate of drug-likeness (QED) is 0.525. The van der Waals surface area contributed by atoms with E-state index in [0.29, 0.717) is 0 Å². The van der Waals surface area contributed by atoms with Gasteiger partial charge in [0.25, 0.3) is 0 Å². The molecular formula is C11H22. The molecule has 1 saturated carbocycles. The Kier molecular flexibility index (Phi) is 2.98. The molecule has 11 heavy (non-hydrogen) atoms. The van der Waals surface area contributed by atoms with Crippen molar-refractivity contribution in [3.8, 4) is 0 Å². The van der Waals surface area contributed by atoms with Crippen LogP contribution < -0.4 is 0 Å². The summed E-state index contributed by atoms with van der Waals surface area (Å²) in [6, 6.07) is 0. The van der Waals surface area contributed by atoms with Crippen LogP contribution in [0.5, 0.6) is 0 Å². The van der Waals surface area contributed by atoms with Crippen molar-refractivity contribution >= 4 is 0 Å². The summed E-state index contributed by atoms with van der Waals surface area (Å²) in [5.41, 5.74) is 0.801. The van der Waals surface area contributed by atoms with Crippen molar-refractivity contribution in [1.29, 1.82) is 0 Å². The lowest BCUT2D eigenvalue weighted by atomic mass is 9.93. The minimum Gasteiger partial charge on any atom is -0.0654 e. The van der Waals surface area contributed by atoms with Gasteiger partial charge < -0.3 is 0 Å². The molecule has 1 fully saturated rings. The molecular weight excluding hydrogens is 132 g/mol. The Bertz CT molecular complexity index is 113. The second kappa shape index (κ2) is 3.60. The van der Waals surface area contributed by atoms with E-state index in [2.05, 4.69) is 20.8 Å². The van der Waals surface area contributed by atoms with Gasteiger partial charge in [-0.15, -0.1) is 0 Å². The molecule has 1 aliphatic carbocycles. The highest BCUT2D eigenvalue weighted by atomic mass is 14.5. The van der Waals surface area contributed by atoms with Gasteiger partial charge in [0, 0.05) is 0 Å². The van der Waals surface area contributed by atoms with E-state index in [1.807, 2.05) is 0 Å². The van der Waals surface area contributed by atoms with Gasteiger partial charge in [-0.2, -0.15) is 0 Å². The van der Waals surface area contributed by atoms with Crippen molar-refractivity contribution in [3.05, 3.63) is 0 Å². The molecule has 0 aromatic heterocycles. The van der Waals surface area contributed by atoms with Gasteiger partial charge >= 0.3 is 0 Å². The molecule has 0 N–H and O–H groups in total. The van der Waals surface area contributed by atoms with Crippen LogP contribution in [0, 0.1) is 11.3 Å². The summed E-state index contributed by atoms with van der Waals surface area (Å²) >= 11 is 0. The first-order valence-corrected chi connectivity index (χ1v) is 5.25. The monoisotopic (exact) mass is 154 g/mol. The van der Waals surface area contributed by atoms with E-state index in [0.717, 1.165) is 11.3 Å². The van der Waals surface area contributed by atoms with E-state index in [9.17, 15) is 0 Å². The van der Waals surface area contributed by atoms with Crippen LogP contribution >= 0.6 is 0 Å². The lowest BCUT2D eigenvalue weighted by Gasteiger charge is -2.12. The SMILES string of the molecule is CCCCCC1(CC)CC1C. The molecule has 0 bridgehead atoms. The largest absolute Gasteiger partial charge is 0.0654 e. The highest BCUT2D eigenvalue weighted by molar-refractivity contribution is 4.98. The normalized spacial score (nSPS) is 35.7. The molecule has 66 valence electrons. The Labute approximate surface area is 71.4 Å². The van der Waals surface area contributed by atoms with E-state index >= 15 is 0 Å². The molecule has 0 aromatic carbocycles. The van der Waals surface area contributed by atoms with Crippen LogP contribution in [0.4, 0.5) is 0 Å². The molecule has 0 aliphatic heterocycles. The maximum atomic E-state index is 2.41. The number of hydrogen-bond acceptors (Lipinski definition) is 0. The first-order chi connectivity index (χ1) is 5.25. The number of rotatable bonds is 5. The van der Waals surface area contributed by atoms with Gasteiger partial charge in [0.1, 0.15) is 0 Å². The number of unbranched alkanes of at least 4 members (excludes halogenated alkanes) is 2. The predicted octanol–water partition coefficient (Wildman–Crippen LogP) is 4.00. The van der Waals surface area contributed by atoms with Crippen molar-refractivity contribution in [1.82, 2.24) is 0 Å². The smallest absolute Gasteiger partial charge is 0.0271 e. The highest BCUT2D eigenvalue weighted by Crippen LogP contribution is 2.58. The van der Waals surface area contributed by atoms with Crippen LogP contribution in [0.1, 0.15) is 59.3 Å². The van der Waals surface area contributed by atoms with Gasteiger partial charge in [0.2, 0.25) is 0 Å². The van der Waals surface area contributed by atoms with E-state index < -0.39 is 0 Å². The minimum absolute atomic E-state index is 0.801. The fourth-order valence-corrected chi connectivity index (χ4v) is 2.30. The second-order valence-corrected chi connectivity index (χ2v) is 4.28. The molecule has 1 rings (SSSR count). The highest BCUT2D eigenvalue weighted by Gasteiger charge is 2.47. The van der Waals surface area contributed by atoms with Gasteiger partial charge in [-0.25, -0.2) is 0 Å². The molecule has 0 aromatic rings. The lowest BCUT2D eigenvalue weighted by Crippen LogP contribution is -2.00. The second-order valence-electron chi connectivity index (χ2n) is 4.28. The zero-order chi connectivity index (χ0) is 8.32. The zero-order valence-electron chi connectivity index (χ0n) is 8.32. The zero-order valence-corrected chi connectivity index (χ0v) is 8.32. The number of hydrogen-bond donors (Lipinski definition) is 0. The van der Waals surface area contributed by atoms with Gasteiger partial charge in [0.15, 0.2) is 0 Å². The lowest BCUT2D eigenvalue weighted by molar-refractivity contribution is 0.392. The Morgan fingerprint density at radius 1 is 1.27 bits per heavy atom. The summed E-state index contributed by atoms with van der Waals surface area (Å²) < 4.78 is 0. The van der Waals surface area contributed by atoms with Crippen LogP contribution in [0.2, 0.25) is 0 Å². The third-order valence-electron chi connectivity index (χ3n) is 3.58. The topological polar surface area (TPSA) is 0 Å². The summed E-state index contributed by atoms with van der Waals surface area (Å²) in [4.78, 5) is 0. The molecule has 2 unspecified atom stereocenters. The van der Waals surface area contributed by atoms with Crippen LogP contribution in [-0.2, 0) is 0 Å². The summed E-state index contributed by atoms with van der Waals surface area (Å²) in [7, 11) is 0. The maximum Gasteiger partial charge on any atom is -0.0271 e. The molecule has 0 nitrogen and oxygen atoms in total. The van der Waals surface area contributed by atoms with Gasteiger partial charge in [-0.1, -0.05) is 46.5 Å². The van der Waals surface area contributed by atoms with E-state index in [-0.39, 0.29) is 0 Å². The third kappa shape index (κ3) is 1.98. The molecule has 0 heterocycles. The fourth-order valence-electron chi connectivity index (χ4n) is 2.30. The predicted molar refractivity (Wildman–Crippen MR) is 50.6 cm³/mol.